The highest BCUT2D eigenvalue weighted by Crippen LogP contribution is 2.49. The molecule has 1 aliphatic rings. The van der Waals surface area contributed by atoms with Gasteiger partial charge in [-0.1, -0.05) is 0 Å². The zero-order chi connectivity index (χ0) is 14.9. The van der Waals surface area contributed by atoms with Gasteiger partial charge in [-0.25, -0.2) is 0 Å². The third-order valence-corrected chi connectivity index (χ3v) is 6.26. The monoisotopic (exact) mass is 362 g/mol. The molecule has 0 aliphatic heterocycles. The normalized spacial score (nSPS) is 17.9. The van der Waals surface area contributed by atoms with Crippen molar-refractivity contribution in [3.05, 3.63) is 15.9 Å². The van der Waals surface area contributed by atoms with Crippen molar-refractivity contribution in [1.82, 2.24) is 9.78 Å². The molecule has 112 valence electrons. The Kier molecular flexibility index (Phi) is 4.69. The van der Waals surface area contributed by atoms with Crippen molar-refractivity contribution in [1.29, 1.82) is 0 Å². The third kappa shape index (κ3) is 3.49. The molecule has 1 unspecified atom stereocenters. The van der Waals surface area contributed by atoms with Crippen LogP contribution in [-0.2, 0) is 27.9 Å². The number of hydrogen-bond acceptors (Lipinski definition) is 3. The van der Waals surface area contributed by atoms with Crippen LogP contribution in [0.1, 0.15) is 37.6 Å². The maximum absolute atomic E-state index is 12.3. The van der Waals surface area contributed by atoms with E-state index in [-0.39, 0.29) is 11.8 Å². The van der Waals surface area contributed by atoms with Gasteiger partial charge in [-0.2, -0.15) is 5.10 Å². The number of hydrogen-bond donors (Lipinski definition) is 1. The molecular weight excluding hydrogens is 344 g/mol. The van der Waals surface area contributed by atoms with E-state index in [1.807, 2.05) is 18.5 Å². The van der Waals surface area contributed by atoms with Crippen molar-refractivity contribution in [3.8, 4) is 0 Å². The fourth-order valence-corrected chi connectivity index (χ4v) is 4.81. The molecule has 1 fully saturated rings. The molecule has 1 heterocycles. The van der Waals surface area contributed by atoms with Crippen LogP contribution in [0.4, 0.5) is 0 Å². The Labute approximate surface area is 129 Å². The summed E-state index contributed by atoms with van der Waals surface area (Å²) in [6, 6.07) is 0. The number of aliphatic carboxylic acids is 1. The van der Waals surface area contributed by atoms with Crippen LogP contribution in [0, 0.1) is 12.3 Å². The minimum Gasteiger partial charge on any atom is -0.481 e. The number of carboxylic acid groups (broad SMARTS) is 1. The molecule has 1 atom stereocenters. The number of carbonyl (C=O) groups is 1. The lowest BCUT2D eigenvalue weighted by atomic mass is 10.1. The van der Waals surface area contributed by atoms with Crippen LogP contribution < -0.4 is 0 Å². The van der Waals surface area contributed by atoms with Gasteiger partial charge in [-0.05, 0) is 48.0 Å². The summed E-state index contributed by atoms with van der Waals surface area (Å²) in [6.07, 6.45) is 1.88. The van der Waals surface area contributed by atoms with E-state index in [0.717, 1.165) is 35.2 Å². The molecule has 1 aromatic rings. The fraction of sp³-hybridized carbons (Fsp3) is 0.692. The maximum atomic E-state index is 12.3. The average Bonchev–Trinajstić information content (AvgIpc) is 3.04. The van der Waals surface area contributed by atoms with Crippen molar-refractivity contribution in [3.63, 3.8) is 0 Å². The van der Waals surface area contributed by atoms with Crippen LogP contribution in [0.3, 0.4) is 0 Å². The lowest BCUT2D eigenvalue weighted by molar-refractivity contribution is -0.138. The van der Waals surface area contributed by atoms with E-state index in [1.165, 1.54) is 0 Å². The van der Waals surface area contributed by atoms with Gasteiger partial charge in [0, 0.05) is 23.1 Å². The molecule has 1 aromatic heterocycles. The second-order valence-electron chi connectivity index (χ2n) is 5.46. The van der Waals surface area contributed by atoms with Crippen LogP contribution in [0.2, 0.25) is 0 Å². The number of halogens is 1. The van der Waals surface area contributed by atoms with Gasteiger partial charge in [-0.15, -0.1) is 0 Å². The van der Waals surface area contributed by atoms with Gasteiger partial charge in [0.2, 0.25) is 0 Å². The van der Waals surface area contributed by atoms with Gasteiger partial charge in [0.25, 0.3) is 0 Å². The number of rotatable bonds is 7. The van der Waals surface area contributed by atoms with E-state index in [0.29, 0.717) is 11.5 Å². The predicted octanol–water partition coefficient (Wildman–Crippen LogP) is 2.48. The second-order valence-corrected chi connectivity index (χ2v) is 7.71. The molecule has 0 spiro atoms. The van der Waals surface area contributed by atoms with Crippen LogP contribution in [0.25, 0.3) is 0 Å². The third-order valence-electron chi connectivity index (χ3n) is 3.70. The summed E-state index contributed by atoms with van der Waals surface area (Å²) in [4.78, 5) is 10.8. The van der Waals surface area contributed by atoms with Gasteiger partial charge in [0.15, 0.2) is 0 Å². The summed E-state index contributed by atoms with van der Waals surface area (Å²) >= 11 is 3.49. The summed E-state index contributed by atoms with van der Waals surface area (Å²) in [5.74, 6) is 0.103. The summed E-state index contributed by atoms with van der Waals surface area (Å²) in [5, 5.41) is 13.3. The molecule has 0 amide bonds. The SMILES string of the molecule is CCn1nc(C)c(Br)c1CS(=O)CC1(CC(=O)O)CC1. The predicted molar refractivity (Wildman–Crippen MR) is 81.0 cm³/mol. The van der Waals surface area contributed by atoms with Gasteiger partial charge in [0.1, 0.15) is 0 Å². The topological polar surface area (TPSA) is 72.2 Å². The summed E-state index contributed by atoms with van der Waals surface area (Å²) in [6.45, 7) is 4.65. The Morgan fingerprint density at radius 3 is 2.70 bits per heavy atom. The first kappa shape index (κ1) is 15.7. The smallest absolute Gasteiger partial charge is 0.303 e. The van der Waals surface area contributed by atoms with Crippen molar-refractivity contribution in [2.24, 2.45) is 5.41 Å². The summed E-state index contributed by atoms with van der Waals surface area (Å²) in [5.41, 5.74) is 1.61. The first-order valence-electron chi connectivity index (χ1n) is 6.65. The first-order valence-corrected chi connectivity index (χ1v) is 8.93. The Morgan fingerprint density at radius 1 is 1.55 bits per heavy atom. The second kappa shape index (κ2) is 5.97. The van der Waals surface area contributed by atoms with E-state index in [2.05, 4.69) is 21.0 Å². The summed E-state index contributed by atoms with van der Waals surface area (Å²) < 4.78 is 15.1. The van der Waals surface area contributed by atoms with Gasteiger partial charge in [-0.3, -0.25) is 13.7 Å². The van der Waals surface area contributed by atoms with E-state index >= 15 is 0 Å². The van der Waals surface area contributed by atoms with Crippen molar-refractivity contribution in [2.75, 3.05) is 5.75 Å². The van der Waals surface area contributed by atoms with Crippen molar-refractivity contribution >= 4 is 32.7 Å². The van der Waals surface area contributed by atoms with Gasteiger partial charge >= 0.3 is 5.97 Å². The Balaban J connectivity index is 2.04. The van der Waals surface area contributed by atoms with E-state index in [9.17, 15) is 9.00 Å². The zero-order valence-corrected chi connectivity index (χ0v) is 14.1. The van der Waals surface area contributed by atoms with Crippen LogP contribution >= 0.6 is 15.9 Å². The maximum Gasteiger partial charge on any atom is 0.303 e. The minimum atomic E-state index is -1.06. The molecule has 7 heteroatoms. The first-order chi connectivity index (χ1) is 9.37. The molecule has 0 bridgehead atoms. The minimum absolute atomic E-state index is 0.131. The highest BCUT2D eigenvalue weighted by Gasteiger charge is 2.45. The van der Waals surface area contributed by atoms with Crippen molar-refractivity contribution in [2.45, 2.75) is 45.4 Å². The molecule has 20 heavy (non-hydrogen) atoms. The molecule has 1 aliphatic carbocycles. The standard InChI is InChI=1S/C13H19BrN2O3S/c1-3-16-10(12(14)9(2)15-16)7-20(19)8-13(4-5-13)6-11(17)18/h3-8H2,1-2H3,(H,17,18). The molecular formula is C13H19BrN2O3S. The summed E-state index contributed by atoms with van der Waals surface area (Å²) in [7, 11) is -1.06. The number of aromatic nitrogens is 2. The molecule has 0 saturated heterocycles. The Bertz CT molecular complexity index is 552. The Hall–Kier alpha value is -0.690. The molecule has 2 rings (SSSR count). The van der Waals surface area contributed by atoms with Crippen LogP contribution in [-0.4, -0.2) is 30.8 Å². The molecule has 1 saturated carbocycles. The van der Waals surface area contributed by atoms with E-state index in [1.54, 1.807) is 0 Å². The molecule has 5 nitrogen and oxygen atoms in total. The lowest BCUT2D eigenvalue weighted by Crippen LogP contribution is -2.18. The number of aryl methyl sites for hydroxylation is 2. The molecule has 0 aromatic carbocycles. The number of nitrogens with zero attached hydrogens (tertiary/aromatic N) is 2. The van der Waals surface area contributed by atoms with E-state index < -0.39 is 16.8 Å². The zero-order valence-electron chi connectivity index (χ0n) is 11.7. The highest BCUT2D eigenvalue weighted by molar-refractivity contribution is 9.10. The fourth-order valence-electron chi connectivity index (χ4n) is 2.42. The van der Waals surface area contributed by atoms with Crippen LogP contribution in [0.15, 0.2) is 4.47 Å². The van der Waals surface area contributed by atoms with E-state index in [4.69, 9.17) is 5.11 Å². The molecule has 0 radical (unpaired) electrons. The largest absolute Gasteiger partial charge is 0.481 e. The highest BCUT2D eigenvalue weighted by atomic mass is 79.9. The Morgan fingerprint density at radius 2 is 2.20 bits per heavy atom. The lowest BCUT2D eigenvalue weighted by Gasteiger charge is -2.12. The quantitative estimate of drug-likeness (QED) is 0.808. The number of carboxylic acids is 1. The van der Waals surface area contributed by atoms with Gasteiger partial charge < -0.3 is 5.11 Å². The van der Waals surface area contributed by atoms with Crippen molar-refractivity contribution < 1.29 is 14.1 Å². The average molecular weight is 363 g/mol. The van der Waals surface area contributed by atoms with Gasteiger partial charge in [0.05, 0.1) is 28.0 Å². The van der Waals surface area contributed by atoms with Crippen LogP contribution in [0.5, 0.6) is 0 Å². The molecule has 1 N–H and O–H groups in total.